The van der Waals surface area contributed by atoms with Crippen molar-refractivity contribution in [1.82, 2.24) is 10.2 Å². The molecule has 0 radical (unpaired) electrons. The molecule has 2 saturated heterocycles. The number of nitrogens with one attached hydrogen (secondary N) is 1. The number of carbonyl (C=O) groups is 1. The number of amides is 1. The molecule has 2 unspecified atom stereocenters. The Balaban J connectivity index is 1.38. The molecule has 5 nitrogen and oxygen atoms in total. The van der Waals surface area contributed by atoms with Crippen molar-refractivity contribution in [2.75, 3.05) is 20.3 Å². The second-order valence-electron chi connectivity index (χ2n) is 9.55. The number of rotatable bonds is 7. The fraction of sp³-hybridized carbons (Fsp3) is 0.519. The topological polar surface area (TPSA) is 50.8 Å². The van der Waals surface area contributed by atoms with E-state index in [1.807, 2.05) is 18.2 Å². The van der Waals surface area contributed by atoms with Crippen LogP contribution in [0.5, 0.6) is 11.5 Å². The highest BCUT2D eigenvalue weighted by atomic mass is 16.5. The number of hydrogen-bond acceptors (Lipinski definition) is 4. The van der Waals surface area contributed by atoms with Crippen molar-refractivity contribution in [2.24, 2.45) is 5.92 Å². The highest BCUT2D eigenvalue weighted by Crippen LogP contribution is 2.44. The van der Waals surface area contributed by atoms with Crippen LogP contribution in [0.1, 0.15) is 66.4 Å². The van der Waals surface area contributed by atoms with E-state index in [-0.39, 0.29) is 5.91 Å². The van der Waals surface area contributed by atoms with Gasteiger partial charge in [-0.1, -0.05) is 25.1 Å². The van der Waals surface area contributed by atoms with Gasteiger partial charge in [0.25, 0.3) is 5.91 Å². The van der Waals surface area contributed by atoms with E-state index in [1.165, 1.54) is 44.2 Å². The lowest BCUT2D eigenvalue weighted by Crippen LogP contribution is -2.35. The lowest BCUT2D eigenvalue weighted by atomic mass is 9.78. The number of fused-ring (bicyclic) bond motifs is 3. The van der Waals surface area contributed by atoms with Crippen molar-refractivity contribution in [2.45, 2.75) is 63.6 Å². The van der Waals surface area contributed by atoms with Crippen molar-refractivity contribution in [3.05, 3.63) is 59.2 Å². The molecule has 1 N–H and O–H groups in total. The predicted molar refractivity (Wildman–Crippen MR) is 125 cm³/mol. The number of benzene rings is 2. The molecule has 0 spiro atoms. The summed E-state index contributed by atoms with van der Waals surface area (Å²) in [5, 5.41) is 2.89. The van der Waals surface area contributed by atoms with Crippen molar-refractivity contribution >= 4 is 5.91 Å². The van der Waals surface area contributed by atoms with Crippen LogP contribution in [-0.2, 0) is 6.54 Å². The molecule has 0 aromatic heterocycles. The monoisotopic (exact) mass is 434 g/mol. The highest BCUT2D eigenvalue weighted by Gasteiger charge is 2.42. The Morgan fingerprint density at radius 1 is 1.03 bits per heavy atom. The van der Waals surface area contributed by atoms with Crippen molar-refractivity contribution in [1.29, 1.82) is 0 Å². The third kappa shape index (κ3) is 4.11. The minimum atomic E-state index is 0.00328. The minimum absolute atomic E-state index is 0.00328. The molecule has 2 aromatic rings. The van der Waals surface area contributed by atoms with Gasteiger partial charge in [0, 0.05) is 30.1 Å². The van der Waals surface area contributed by atoms with E-state index in [0.29, 0.717) is 37.1 Å². The smallest absolute Gasteiger partial charge is 0.252 e. The fourth-order valence-corrected chi connectivity index (χ4v) is 6.07. The Morgan fingerprint density at radius 2 is 1.78 bits per heavy atom. The molecule has 5 rings (SSSR count). The first-order valence-corrected chi connectivity index (χ1v) is 12.1. The molecule has 3 aliphatic heterocycles. The largest absolute Gasteiger partial charge is 0.497 e. The van der Waals surface area contributed by atoms with E-state index >= 15 is 0 Å². The molecule has 2 fully saturated rings. The summed E-state index contributed by atoms with van der Waals surface area (Å²) in [6.45, 7) is 4.78. The molecule has 170 valence electrons. The summed E-state index contributed by atoms with van der Waals surface area (Å²) >= 11 is 0. The van der Waals surface area contributed by atoms with Gasteiger partial charge in [0.1, 0.15) is 11.5 Å². The first kappa shape index (κ1) is 21.3. The Morgan fingerprint density at radius 3 is 2.53 bits per heavy atom. The highest BCUT2D eigenvalue weighted by molar-refractivity contribution is 5.98. The van der Waals surface area contributed by atoms with Gasteiger partial charge < -0.3 is 14.8 Å². The molecule has 3 heterocycles. The maximum atomic E-state index is 12.1. The summed E-state index contributed by atoms with van der Waals surface area (Å²) < 4.78 is 11.7. The van der Waals surface area contributed by atoms with Crippen LogP contribution in [0.3, 0.4) is 0 Å². The SMILES string of the molecule is CCCN1C2CCC1C[C@H](c1ccc(OC)cc1)[C@@H](COc1ccc3c(c1)C(=O)NC3)C2. The fourth-order valence-electron chi connectivity index (χ4n) is 6.07. The van der Waals surface area contributed by atoms with Gasteiger partial charge in [-0.3, -0.25) is 9.69 Å². The first-order chi connectivity index (χ1) is 15.7. The van der Waals surface area contributed by atoms with E-state index in [2.05, 4.69) is 41.4 Å². The quantitative estimate of drug-likeness (QED) is 0.683. The second kappa shape index (κ2) is 9.14. The third-order valence-corrected chi connectivity index (χ3v) is 7.70. The molecule has 3 aliphatic rings. The Labute approximate surface area is 191 Å². The van der Waals surface area contributed by atoms with Crippen LogP contribution < -0.4 is 14.8 Å². The van der Waals surface area contributed by atoms with E-state index in [0.717, 1.165) is 22.6 Å². The first-order valence-electron chi connectivity index (χ1n) is 12.1. The van der Waals surface area contributed by atoms with Gasteiger partial charge in [-0.2, -0.15) is 0 Å². The number of carbonyl (C=O) groups excluding carboxylic acids is 1. The van der Waals surface area contributed by atoms with Gasteiger partial charge in [-0.15, -0.1) is 0 Å². The minimum Gasteiger partial charge on any atom is -0.497 e. The number of nitrogens with zero attached hydrogens (tertiary/aromatic N) is 1. The van der Waals surface area contributed by atoms with Gasteiger partial charge in [-0.05, 0) is 80.0 Å². The molecular formula is C27H34N2O3. The Bertz CT molecular complexity index is 958. The van der Waals surface area contributed by atoms with Crippen molar-refractivity contribution in [3.8, 4) is 11.5 Å². The number of ether oxygens (including phenoxy) is 2. The van der Waals surface area contributed by atoms with Crippen LogP contribution in [0.4, 0.5) is 0 Å². The zero-order valence-electron chi connectivity index (χ0n) is 19.2. The van der Waals surface area contributed by atoms with E-state index in [9.17, 15) is 4.79 Å². The number of methoxy groups -OCH3 is 1. The Kier molecular flexibility index (Phi) is 6.09. The standard InChI is InChI=1S/C27H34N2O3/c1-3-12-29-21-7-8-22(29)14-25(18-4-9-23(31-2)10-5-18)20(13-21)17-32-24-11-6-19-16-28-27(30)26(19)15-24/h4-6,9-11,15,20-22,25H,3,7-8,12-14,16-17H2,1-2H3,(H,28,30)/t20-,21?,22?,25-/m1/s1. The average Bonchev–Trinajstić information content (AvgIpc) is 3.32. The van der Waals surface area contributed by atoms with Gasteiger partial charge in [0.15, 0.2) is 0 Å². The van der Waals surface area contributed by atoms with Crippen molar-refractivity contribution in [3.63, 3.8) is 0 Å². The maximum Gasteiger partial charge on any atom is 0.252 e. The molecule has 5 heteroatoms. The maximum absolute atomic E-state index is 12.1. The van der Waals surface area contributed by atoms with Crippen LogP contribution >= 0.6 is 0 Å². The molecular weight excluding hydrogens is 400 g/mol. The van der Waals surface area contributed by atoms with Crippen LogP contribution in [0.2, 0.25) is 0 Å². The zero-order valence-corrected chi connectivity index (χ0v) is 19.2. The van der Waals surface area contributed by atoms with Gasteiger partial charge in [0.05, 0.1) is 13.7 Å². The summed E-state index contributed by atoms with van der Waals surface area (Å²) in [4.78, 5) is 14.8. The summed E-state index contributed by atoms with van der Waals surface area (Å²) in [6.07, 6.45) is 6.17. The van der Waals surface area contributed by atoms with Crippen LogP contribution in [0, 0.1) is 5.92 Å². The molecule has 0 saturated carbocycles. The summed E-state index contributed by atoms with van der Waals surface area (Å²) in [5.74, 6) is 2.62. The lowest BCUT2D eigenvalue weighted by Gasteiger charge is -2.29. The molecule has 2 aromatic carbocycles. The third-order valence-electron chi connectivity index (χ3n) is 7.70. The summed E-state index contributed by atoms with van der Waals surface area (Å²) in [6, 6.07) is 15.9. The van der Waals surface area contributed by atoms with E-state index in [4.69, 9.17) is 9.47 Å². The van der Waals surface area contributed by atoms with Crippen molar-refractivity contribution < 1.29 is 14.3 Å². The molecule has 1 amide bonds. The van der Waals surface area contributed by atoms with Gasteiger partial charge >= 0.3 is 0 Å². The zero-order chi connectivity index (χ0) is 22.1. The van der Waals surface area contributed by atoms with Gasteiger partial charge in [-0.25, -0.2) is 0 Å². The van der Waals surface area contributed by atoms with Crippen LogP contribution in [0.15, 0.2) is 42.5 Å². The normalized spacial score (nSPS) is 27.0. The van der Waals surface area contributed by atoms with E-state index in [1.54, 1.807) is 7.11 Å². The molecule has 0 aliphatic carbocycles. The molecule has 4 atom stereocenters. The van der Waals surface area contributed by atoms with E-state index < -0.39 is 0 Å². The van der Waals surface area contributed by atoms with Crippen LogP contribution in [0.25, 0.3) is 0 Å². The number of hydrogen-bond donors (Lipinski definition) is 1. The molecule has 32 heavy (non-hydrogen) atoms. The lowest BCUT2D eigenvalue weighted by molar-refractivity contribution is 0.0965. The summed E-state index contributed by atoms with van der Waals surface area (Å²) in [7, 11) is 1.72. The van der Waals surface area contributed by atoms with Gasteiger partial charge in [0.2, 0.25) is 0 Å². The summed E-state index contributed by atoms with van der Waals surface area (Å²) in [5.41, 5.74) is 3.19. The Hall–Kier alpha value is -2.53. The predicted octanol–water partition coefficient (Wildman–Crippen LogP) is 4.75. The van der Waals surface area contributed by atoms with Crippen LogP contribution in [-0.4, -0.2) is 43.2 Å². The second-order valence-corrected chi connectivity index (χ2v) is 9.55. The average molecular weight is 435 g/mol. The molecule has 2 bridgehead atoms.